The second kappa shape index (κ2) is 4.85. The van der Waals surface area contributed by atoms with Gasteiger partial charge in [-0.05, 0) is 43.5 Å². The second-order valence-corrected chi connectivity index (χ2v) is 4.75. The summed E-state index contributed by atoms with van der Waals surface area (Å²) >= 11 is 0. The lowest BCUT2D eigenvalue weighted by atomic mass is 10.1. The highest BCUT2D eigenvalue weighted by Crippen LogP contribution is 2.38. The van der Waals surface area contributed by atoms with Crippen LogP contribution in [0.5, 0.6) is 17.2 Å². The molecule has 2 aromatic carbocycles. The lowest BCUT2D eigenvalue weighted by molar-refractivity contribution is -0.384. The summed E-state index contributed by atoms with van der Waals surface area (Å²) in [6.07, 6.45) is 2.74. The first kappa shape index (κ1) is 12.5. The Morgan fingerprint density at radius 3 is 2.45 bits per heavy atom. The van der Waals surface area contributed by atoms with E-state index < -0.39 is 4.92 Å². The Hall–Kier alpha value is -2.56. The molecule has 0 saturated heterocycles. The molecule has 0 amide bonds. The standard InChI is InChI=1S/C15H13NO4/c17-14-8-9-15(13-3-1-2-12(13)14)20-11-6-4-10(5-7-11)16(18)19/h4-9,17H,1-3H2. The summed E-state index contributed by atoms with van der Waals surface area (Å²) in [4.78, 5) is 10.2. The van der Waals surface area contributed by atoms with Crippen molar-refractivity contribution in [1.29, 1.82) is 0 Å². The Morgan fingerprint density at radius 1 is 1.05 bits per heavy atom. The maximum Gasteiger partial charge on any atom is 0.269 e. The summed E-state index contributed by atoms with van der Waals surface area (Å²) in [5, 5.41) is 20.4. The van der Waals surface area contributed by atoms with Gasteiger partial charge in [-0.3, -0.25) is 10.1 Å². The van der Waals surface area contributed by atoms with E-state index in [1.165, 1.54) is 12.1 Å². The Bertz CT molecular complexity index is 664. The number of nitro benzene ring substituents is 1. The highest BCUT2D eigenvalue weighted by atomic mass is 16.6. The molecule has 1 aliphatic carbocycles. The molecular formula is C15H13NO4. The molecule has 0 aliphatic heterocycles. The predicted octanol–water partition coefficient (Wildman–Crippen LogP) is 3.58. The van der Waals surface area contributed by atoms with Crippen LogP contribution in [0.3, 0.4) is 0 Å². The molecule has 0 bridgehead atoms. The molecule has 5 heteroatoms. The maximum atomic E-state index is 10.6. The molecule has 1 N–H and O–H groups in total. The molecule has 0 atom stereocenters. The van der Waals surface area contributed by atoms with Gasteiger partial charge in [-0.15, -0.1) is 0 Å². The number of non-ortho nitro benzene ring substituents is 1. The summed E-state index contributed by atoms with van der Waals surface area (Å²) in [5.74, 6) is 1.58. The van der Waals surface area contributed by atoms with Crippen LogP contribution in [-0.2, 0) is 12.8 Å². The van der Waals surface area contributed by atoms with Gasteiger partial charge in [-0.1, -0.05) is 0 Å². The first-order valence-corrected chi connectivity index (χ1v) is 6.41. The molecule has 5 nitrogen and oxygen atoms in total. The molecule has 2 aromatic rings. The number of hydrogen-bond donors (Lipinski definition) is 1. The fraction of sp³-hybridized carbons (Fsp3) is 0.200. The Balaban J connectivity index is 1.88. The van der Waals surface area contributed by atoms with E-state index in [-0.39, 0.29) is 5.69 Å². The van der Waals surface area contributed by atoms with Crippen LogP contribution in [0.4, 0.5) is 5.69 Å². The van der Waals surface area contributed by atoms with Gasteiger partial charge in [0, 0.05) is 23.3 Å². The van der Waals surface area contributed by atoms with Crippen molar-refractivity contribution >= 4 is 5.69 Å². The molecule has 0 heterocycles. The van der Waals surface area contributed by atoms with Gasteiger partial charge in [-0.25, -0.2) is 0 Å². The first-order chi connectivity index (χ1) is 9.65. The van der Waals surface area contributed by atoms with E-state index in [0.29, 0.717) is 17.2 Å². The zero-order chi connectivity index (χ0) is 14.1. The third kappa shape index (κ3) is 2.18. The monoisotopic (exact) mass is 271 g/mol. The van der Waals surface area contributed by atoms with Gasteiger partial charge >= 0.3 is 0 Å². The van der Waals surface area contributed by atoms with E-state index in [4.69, 9.17) is 4.74 Å². The highest BCUT2D eigenvalue weighted by molar-refractivity contribution is 5.52. The molecule has 0 spiro atoms. The van der Waals surface area contributed by atoms with Gasteiger partial charge in [-0.2, -0.15) is 0 Å². The molecule has 102 valence electrons. The number of fused-ring (bicyclic) bond motifs is 1. The first-order valence-electron chi connectivity index (χ1n) is 6.41. The number of nitrogens with zero attached hydrogens (tertiary/aromatic N) is 1. The predicted molar refractivity (Wildman–Crippen MR) is 73.3 cm³/mol. The largest absolute Gasteiger partial charge is 0.508 e. The van der Waals surface area contributed by atoms with Crippen molar-refractivity contribution in [3.63, 3.8) is 0 Å². The highest BCUT2D eigenvalue weighted by Gasteiger charge is 2.19. The van der Waals surface area contributed by atoms with Crippen LogP contribution in [0.25, 0.3) is 0 Å². The minimum absolute atomic E-state index is 0.0354. The summed E-state index contributed by atoms with van der Waals surface area (Å²) in [6.45, 7) is 0. The number of hydrogen-bond acceptors (Lipinski definition) is 4. The van der Waals surface area contributed by atoms with Crippen molar-refractivity contribution in [1.82, 2.24) is 0 Å². The fourth-order valence-corrected chi connectivity index (χ4v) is 2.51. The zero-order valence-corrected chi connectivity index (χ0v) is 10.7. The van der Waals surface area contributed by atoms with E-state index in [9.17, 15) is 15.2 Å². The van der Waals surface area contributed by atoms with E-state index in [0.717, 1.165) is 30.4 Å². The number of rotatable bonds is 3. The van der Waals surface area contributed by atoms with Gasteiger partial charge in [0.25, 0.3) is 5.69 Å². The number of phenolic OH excluding ortho intramolecular Hbond substituents is 1. The van der Waals surface area contributed by atoms with E-state index in [1.54, 1.807) is 24.3 Å². The third-order valence-corrected chi connectivity index (χ3v) is 3.49. The van der Waals surface area contributed by atoms with Gasteiger partial charge in [0.15, 0.2) is 0 Å². The normalized spacial score (nSPS) is 13.0. The summed E-state index contributed by atoms with van der Waals surface area (Å²) in [7, 11) is 0. The van der Waals surface area contributed by atoms with Crippen LogP contribution >= 0.6 is 0 Å². The number of phenols is 1. The third-order valence-electron chi connectivity index (χ3n) is 3.49. The van der Waals surface area contributed by atoms with Crippen molar-refractivity contribution in [2.24, 2.45) is 0 Å². The molecule has 20 heavy (non-hydrogen) atoms. The Morgan fingerprint density at radius 2 is 1.75 bits per heavy atom. The number of ether oxygens (including phenoxy) is 1. The maximum absolute atomic E-state index is 10.6. The molecule has 0 saturated carbocycles. The van der Waals surface area contributed by atoms with E-state index >= 15 is 0 Å². The molecule has 0 unspecified atom stereocenters. The average molecular weight is 271 g/mol. The van der Waals surface area contributed by atoms with Crippen molar-refractivity contribution in [2.45, 2.75) is 19.3 Å². The number of aromatic hydroxyl groups is 1. The SMILES string of the molecule is O=[N+]([O-])c1ccc(Oc2ccc(O)c3c2CCC3)cc1. The van der Waals surface area contributed by atoms with Crippen molar-refractivity contribution in [3.8, 4) is 17.2 Å². The van der Waals surface area contributed by atoms with Crippen LogP contribution in [-0.4, -0.2) is 10.0 Å². The molecule has 0 radical (unpaired) electrons. The fourth-order valence-electron chi connectivity index (χ4n) is 2.51. The molecular weight excluding hydrogens is 258 g/mol. The minimum atomic E-state index is -0.442. The minimum Gasteiger partial charge on any atom is -0.508 e. The summed E-state index contributed by atoms with van der Waals surface area (Å²) < 4.78 is 5.78. The van der Waals surface area contributed by atoms with Gasteiger partial charge in [0.2, 0.25) is 0 Å². The molecule has 1 aliphatic rings. The van der Waals surface area contributed by atoms with Crippen molar-refractivity contribution in [3.05, 3.63) is 57.6 Å². The summed E-state index contributed by atoms with van der Waals surface area (Å²) in [6, 6.07) is 9.34. The lowest BCUT2D eigenvalue weighted by Gasteiger charge is -2.11. The quantitative estimate of drug-likeness (QED) is 0.684. The van der Waals surface area contributed by atoms with Gasteiger partial charge in [0.1, 0.15) is 17.2 Å². The Labute approximate surface area is 115 Å². The number of benzene rings is 2. The van der Waals surface area contributed by atoms with Crippen molar-refractivity contribution < 1.29 is 14.8 Å². The van der Waals surface area contributed by atoms with Crippen LogP contribution in [0, 0.1) is 10.1 Å². The van der Waals surface area contributed by atoms with Crippen LogP contribution in [0.1, 0.15) is 17.5 Å². The average Bonchev–Trinajstić information content (AvgIpc) is 2.93. The van der Waals surface area contributed by atoms with Crippen LogP contribution in [0.15, 0.2) is 36.4 Å². The van der Waals surface area contributed by atoms with E-state index in [2.05, 4.69) is 0 Å². The van der Waals surface area contributed by atoms with Gasteiger partial charge in [0.05, 0.1) is 4.92 Å². The van der Waals surface area contributed by atoms with Crippen molar-refractivity contribution in [2.75, 3.05) is 0 Å². The number of nitro groups is 1. The topological polar surface area (TPSA) is 72.6 Å². The van der Waals surface area contributed by atoms with Crippen LogP contribution < -0.4 is 4.74 Å². The second-order valence-electron chi connectivity index (χ2n) is 4.75. The van der Waals surface area contributed by atoms with Crippen LogP contribution in [0.2, 0.25) is 0 Å². The Kier molecular flexibility index (Phi) is 3.02. The molecule has 3 rings (SSSR count). The smallest absolute Gasteiger partial charge is 0.269 e. The molecule has 0 aromatic heterocycles. The lowest BCUT2D eigenvalue weighted by Crippen LogP contribution is -1.92. The van der Waals surface area contributed by atoms with E-state index in [1.807, 2.05) is 0 Å². The van der Waals surface area contributed by atoms with Gasteiger partial charge < -0.3 is 9.84 Å². The summed E-state index contributed by atoms with van der Waals surface area (Å²) in [5.41, 5.74) is 2.01. The zero-order valence-electron chi connectivity index (χ0n) is 10.7. The molecule has 0 fully saturated rings.